The lowest BCUT2D eigenvalue weighted by atomic mass is 10.1. The van der Waals surface area contributed by atoms with E-state index in [1.54, 1.807) is 0 Å². The molecule has 1 unspecified atom stereocenters. The van der Waals surface area contributed by atoms with E-state index in [4.69, 9.17) is 0 Å². The monoisotopic (exact) mass is 231 g/mol. The van der Waals surface area contributed by atoms with Crippen LogP contribution in [0.3, 0.4) is 0 Å². The third-order valence-electron chi connectivity index (χ3n) is 1.73. The number of likely N-dealkylation sites (N-methyl/N-ethyl adjacent to an activating group) is 1. The number of hydrogen-bond acceptors (Lipinski definition) is 4. The number of nitrogens with one attached hydrogen (secondary N) is 3. The van der Waals surface area contributed by atoms with Gasteiger partial charge >= 0.3 is 0 Å². The number of aldehydes is 1. The van der Waals surface area contributed by atoms with Crippen molar-refractivity contribution in [3.63, 3.8) is 0 Å². The number of amides is 1. The van der Waals surface area contributed by atoms with Crippen molar-refractivity contribution in [2.45, 2.75) is 26.8 Å². The molecule has 0 bridgehead atoms. The fraction of sp³-hybridized carbons (Fsp3) is 0.818. The maximum atomic E-state index is 11.1. The third kappa shape index (κ3) is 11.1. The molecule has 1 atom stereocenters. The molecule has 0 saturated carbocycles. The van der Waals surface area contributed by atoms with Gasteiger partial charge in [0.25, 0.3) is 0 Å². The highest BCUT2D eigenvalue weighted by Crippen LogP contribution is 1.97. The quantitative estimate of drug-likeness (QED) is 0.552. The molecule has 0 radical (unpaired) electrons. The summed E-state index contributed by atoms with van der Waals surface area (Å²) >= 11 is 0. The van der Waals surface area contributed by atoms with Crippen LogP contribution in [0.25, 0.3) is 0 Å². The highest BCUT2D eigenvalue weighted by Gasteiger charge is 2.13. The minimum Gasteiger partial charge on any atom is -0.345 e. The molecule has 1 amide bonds. The Bertz CT molecular complexity index is 184. The summed E-state index contributed by atoms with van der Waals surface area (Å²) in [6.07, 6.45) is 0.772. The Kier molecular flexibility index (Phi) is 13.2. The number of rotatable bonds is 6. The van der Waals surface area contributed by atoms with Crippen molar-refractivity contribution in [3.8, 4) is 0 Å². The second kappa shape index (κ2) is 12.1. The summed E-state index contributed by atoms with van der Waals surface area (Å²) in [6.45, 7) is 6.74. The lowest BCUT2D eigenvalue weighted by Crippen LogP contribution is -2.43. The van der Waals surface area contributed by atoms with E-state index < -0.39 is 0 Å². The van der Waals surface area contributed by atoms with Crippen LogP contribution in [0, 0.1) is 5.92 Å². The molecule has 3 N–H and O–H groups in total. The SMILES string of the molecule is CCNCC(=O)NC(C=O)C(C)C.CNC. The summed E-state index contributed by atoms with van der Waals surface area (Å²) in [7, 11) is 3.75. The van der Waals surface area contributed by atoms with Gasteiger partial charge in [-0.1, -0.05) is 20.8 Å². The van der Waals surface area contributed by atoms with Crippen molar-refractivity contribution < 1.29 is 9.59 Å². The Morgan fingerprint density at radius 1 is 1.31 bits per heavy atom. The molecule has 0 aliphatic heterocycles. The topological polar surface area (TPSA) is 70.2 Å². The predicted molar refractivity (Wildman–Crippen MR) is 66.4 cm³/mol. The molecule has 0 aromatic carbocycles. The zero-order valence-corrected chi connectivity index (χ0v) is 11.0. The van der Waals surface area contributed by atoms with Gasteiger partial charge in [-0.15, -0.1) is 0 Å². The summed E-state index contributed by atoms with van der Waals surface area (Å²) in [5.41, 5.74) is 0. The second-order valence-corrected chi connectivity index (χ2v) is 3.75. The number of hydrogen-bond donors (Lipinski definition) is 3. The molecule has 0 aromatic heterocycles. The maximum absolute atomic E-state index is 11.1. The van der Waals surface area contributed by atoms with Crippen LogP contribution in [-0.4, -0.2) is 45.4 Å². The zero-order valence-electron chi connectivity index (χ0n) is 11.0. The van der Waals surface area contributed by atoms with Gasteiger partial charge in [0.1, 0.15) is 6.29 Å². The van der Waals surface area contributed by atoms with Gasteiger partial charge in [-0.05, 0) is 26.6 Å². The van der Waals surface area contributed by atoms with E-state index in [1.807, 2.05) is 34.9 Å². The molecule has 0 aromatic rings. The zero-order chi connectivity index (χ0) is 13.0. The minimum atomic E-state index is -0.369. The fourth-order valence-corrected chi connectivity index (χ4v) is 0.833. The standard InChI is InChI=1S/C9H18N2O2.C2H7N/c1-4-10-5-9(13)11-8(6-12)7(2)3;1-3-2/h6-8,10H,4-5H2,1-3H3,(H,11,13);3H,1-2H3. The van der Waals surface area contributed by atoms with Gasteiger partial charge in [-0.25, -0.2) is 0 Å². The number of carbonyl (C=O) groups is 2. The lowest BCUT2D eigenvalue weighted by Gasteiger charge is -2.15. The Morgan fingerprint density at radius 3 is 2.12 bits per heavy atom. The van der Waals surface area contributed by atoms with Crippen molar-refractivity contribution in [2.24, 2.45) is 5.92 Å². The van der Waals surface area contributed by atoms with E-state index >= 15 is 0 Å². The molecule has 5 heteroatoms. The van der Waals surface area contributed by atoms with Crippen molar-refractivity contribution in [1.29, 1.82) is 0 Å². The van der Waals surface area contributed by atoms with Crippen LogP contribution in [0.1, 0.15) is 20.8 Å². The van der Waals surface area contributed by atoms with Crippen LogP contribution in [0.2, 0.25) is 0 Å². The van der Waals surface area contributed by atoms with Crippen molar-refractivity contribution in [1.82, 2.24) is 16.0 Å². The molecule has 16 heavy (non-hydrogen) atoms. The molecule has 0 fully saturated rings. The first kappa shape index (κ1) is 17.5. The molecule has 0 aliphatic rings. The number of carbonyl (C=O) groups excluding carboxylic acids is 2. The lowest BCUT2D eigenvalue weighted by molar-refractivity contribution is -0.123. The first-order chi connectivity index (χ1) is 7.53. The van der Waals surface area contributed by atoms with E-state index in [0.717, 1.165) is 12.8 Å². The van der Waals surface area contributed by atoms with Gasteiger partial charge in [0, 0.05) is 0 Å². The summed E-state index contributed by atoms with van der Waals surface area (Å²) in [4.78, 5) is 21.7. The first-order valence-electron chi connectivity index (χ1n) is 5.57. The van der Waals surface area contributed by atoms with E-state index in [2.05, 4.69) is 16.0 Å². The highest BCUT2D eigenvalue weighted by molar-refractivity contribution is 5.81. The van der Waals surface area contributed by atoms with E-state index in [1.165, 1.54) is 0 Å². The molecule has 96 valence electrons. The highest BCUT2D eigenvalue weighted by atomic mass is 16.2. The van der Waals surface area contributed by atoms with Crippen LogP contribution < -0.4 is 16.0 Å². The molecular formula is C11H25N3O2. The average Bonchev–Trinajstić information content (AvgIpc) is 2.23. The van der Waals surface area contributed by atoms with Crippen LogP contribution >= 0.6 is 0 Å². The van der Waals surface area contributed by atoms with Gasteiger partial charge in [-0.3, -0.25) is 4.79 Å². The largest absolute Gasteiger partial charge is 0.345 e. The van der Waals surface area contributed by atoms with Gasteiger partial charge in [0.15, 0.2) is 0 Å². The summed E-state index contributed by atoms with van der Waals surface area (Å²) in [5.74, 6) is 0.00993. The smallest absolute Gasteiger partial charge is 0.234 e. The third-order valence-corrected chi connectivity index (χ3v) is 1.73. The second-order valence-electron chi connectivity index (χ2n) is 3.75. The van der Waals surface area contributed by atoms with Crippen molar-refractivity contribution in [2.75, 3.05) is 27.2 Å². The Hall–Kier alpha value is -0.940. The molecule has 0 saturated heterocycles. The molecule has 0 rings (SSSR count). The van der Waals surface area contributed by atoms with Gasteiger partial charge in [0.05, 0.1) is 12.6 Å². The van der Waals surface area contributed by atoms with Crippen molar-refractivity contribution in [3.05, 3.63) is 0 Å². The minimum absolute atomic E-state index is 0.132. The van der Waals surface area contributed by atoms with Crippen LogP contribution in [0.15, 0.2) is 0 Å². The molecule has 0 heterocycles. The maximum Gasteiger partial charge on any atom is 0.234 e. The summed E-state index contributed by atoms with van der Waals surface area (Å²) in [6, 6.07) is -0.369. The molecule has 0 aliphatic carbocycles. The molecular weight excluding hydrogens is 206 g/mol. The Balaban J connectivity index is 0. The van der Waals surface area contributed by atoms with Crippen LogP contribution in [0.5, 0.6) is 0 Å². The average molecular weight is 231 g/mol. The van der Waals surface area contributed by atoms with Crippen LogP contribution in [-0.2, 0) is 9.59 Å². The van der Waals surface area contributed by atoms with Gasteiger partial charge < -0.3 is 20.7 Å². The van der Waals surface area contributed by atoms with E-state index in [9.17, 15) is 9.59 Å². The normalized spacial score (nSPS) is 11.4. The van der Waals surface area contributed by atoms with Gasteiger partial charge in [0.2, 0.25) is 5.91 Å². The van der Waals surface area contributed by atoms with Crippen molar-refractivity contribution >= 4 is 12.2 Å². The molecule has 0 spiro atoms. The first-order valence-corrected chi connectivity index (χ1v) is 5.57. The Labute approximate surface area is 98.4 Å². The predicted octanol–water partition coefficient (Wildman–Crippen LogP) is -0.229. The van der Waals surface area contributed by atoms with Gasteiger partial charge in [-0.2, -0.15) is 0 Å². The van der Waals surface area contributed by atoms with E-state index in [-0.39, 0.29) is 24.4 Å². The van der Waals surface area contributed by atoms with Crippen LogP contribution in [0.4, 0.5) is 0 Å². The fourth-order valence-electron chi connectivity index (χ4n) is 0.833. The summed E-state index contributed by atoms with van der Waals surface area (Å²) in [5, 5.41) is 8.27. The summed E-state index contributed by atoms with van der Waals surface area (Å²) < 4.78 is 0. The van der Waals surface area contributed by atoms with E-state index in [0.29, 0.717) is 0 Å². The molecule has 5 nitrogen and oxygen atoms in total. The Morgan fingerprint density at radius 2 is 1.81 bits per heavy atom.